The molecule has 0 spiro atoms. The van der Waals surface area contributed by atoms with Crippen molar-refractivity contribution in [1.29, 1.82) is 0 Å². The number of benzene rings is 2. The lowest BCUT2D eigenvalue weighted by molar-refractivity contribution is -0.114. The van der Waals surface area contributed by atoms with E-state index < -0.39 is 10.0 Å². The molecule has 0 aliphatic rings. The standard InChI is InChI=1S/C15H14Cl2N2O4S/c1-9(20)18-14-8-11(4-6-15(14)23-2)24(21,22)19-10-3-5-12(16)13(17)7-10/h3-8,19H,1-2H3,(H,18,20). The van der Waals surface area contributed by atoms with Crippen LogP contribution in [0.4, 0.5) is 11.4 Å². The van der Waals surface area contributed by atoms with Crippen LogP contribution in [0.2, 0.25) is 10.0 Å². The van der Waals surface area contributed by atoms with Gasteiger partial charge < -0.3 is 10.1 Å². The predicted molar refractivity (Wildman–Crippen MR) is 94.6 cm³/mol. The van der Waals surface area contributed by atoms with E-state index in [1.807, 2.05) is 0 Å². The number of anilines is 2. The maximum atomic E-state index is 12.5. The Hall–Kier alpha value is -1.96. The summed E-state index contributed by atoms with van der Waals surface area (Å²) in [6.07, 6.45) is 0. The smallest absolute Gasteiger partial charge is 0.261 e. The number of rotatable bonds is 5. The highest BCUT2D eigenvalue weighted by Gasteiger charge is 2.17. The van der Waals surface area contributed by atoms with E-state index in [1.165, 1.54) is 50.4 Å². The SMILES string of the molecule is COc1ccc(S(=O)(=O)Nc2ccc(Cl)c(Cl)c2)cc1NC(C)=O. The van der Waals surface area contributed by atoms with Crippen molar-refractivity contribution < 1.29 is 17.9 Å². The lowest BCUT2D eigenvalue weighted by Gasteiger charge is -2.13. The average Bonchev–Trinajstić information content (AvgIpc) is 2.50. The Morgan fingerprint density at radius 1 is 1.08 bits per heavy atom. The molecule has 2 rings (SSSR count). The van der Waals surface area contributed by atoms with Crippen LogP contribution in [0.25, 0.3) is 0 Å². The van der Waals surface area contributed by atoms with Crippen LogP contribution in [0.1, 0.15) is 6.92 Å². The summed E-state index contributed by atoms with van der Waals surface area (Å²) in [6.45, 7) is 1.31. The van der Waals surface area contributed by atoms with Crippen molar-refractivity contribution in [2.24, 2.45) is 0 Å². The molecule has 0 aromatic heterocycles. The zero-order valence-electron chi connectivity index (χ0n) is 12.8. The fourth-order valence-corrected chi connectivity index (χ4v) is 3.29. The Morgan fingerprint density at radius 2 is 1.79 bits per heavy atom. The monoisotopic (exact) mass is 388 g/mol. The van der Waals surface area contributed by atoms with Crippen molar-refractivity contribution in [3.05, 3.63) is 46.4 Å². The fourth-order valence-electron chi connectivity index (χ4n) is 1.92. The van der Waals surface area contributed by atoms with Gasteiger partial charge in [-0.05, 0) is 36.4 Å². The van der Waals surface area contributed by atoms with Crippen molar-refractivity contribution in [3.8, 4) is 5.75 Å². The van der Waals surface area contributed by atoms with Crippen LogP contribution < -0.4 is 14.8 Å². The molecule has 0 unspecified atom stereocenters. The molecule has 128 valence electrons. The van der Waals surface area contributed by atoms with E-state index in [1.54, 1.807) is 0 Å². The second-order valence-electron chi connectivity index (χ2n) is 4.78. The van der Waals surface area contributed by atoms with Crippen molar-refractivity contribution in [2.75, 3.05) is 17.1 Å². The number of halogens is 2. The highest BCUT2D eigenvalue weighted by Crippen LogP contribution is 2.30. The molecule has 0 heterocycles. The lowest BCUT2D eigenvalue weighted by Crippen LogP contribution is -2.14. The number of amides is 1. The molecule has 9 heteroatoms. The summed E-state index contributed by atoms with van der Waals surface area (Å²) in [7, 11) is -2.47. The Bertz CT molecular complexity index is 885. The van der Waals surface area contributed by atoms with E-state index in [0.717, 1.165) is 0 Å². The maximum absolute atomic E-state index is 12.5. The minimum atomic E-state index is -3.88. The normalized spacial score (nSPS) is 11.0. The molecule has 6 nitrogen and oxygen atoms in total. The van der Waals surface area contributed by atoms with Crippen molar-refractivity contribution >= 4 is 50.5 Å². The summed E-state index contributed by atoms with van der Waals surface area (Å²) in [5.74, 6) is -0.000947. The van der Waals surface area contributed by atoms with Gasteiger partial charge in [-0.3, -0.25) is 9.52 Å². The van der Waals surface area contributed by atoms with Gasteiger partial charge in [-0.15, -0.1) is 0 Å². The molecular weight excluding hydrogens is 375 g/mol. The second kappa shape index (κ2) is 7.29. The summed E-state index contributed by atoms with van der Waals surface area (Å²) in [6, 6.07) is 8.50. The number of hydrogen-bond donors (Lipinski definition) is 2. The minimum Gasteiger partial charge on any atom is -0.495 e. The van der Waals surface area contributed by atoms with Crippen LogP contribution in [-0.2, 0) is 14.8 Å². The number of methoxy groups -OCH3 is 1. The Labute approximate surface area is 149 Å². The molecule has 0 radical (unpaired) electrons. The molecule has 0 atom stereocenters. The van der Waals surface area contributed by atoms with Crippen molar-refractivity contribution in [2.45, 2.75) is 11.8 Å². The first-order valence-electron chi connectivity index (χ1n) is 6.66. The summed E-state index contributed by atoms with van der Waals surface area (Å²) in [5, 5.41) is 3.07. The topological polar surface area (TPSA) is 84.5 Å². The molecule has 0 aliphatic heterocycles. The van der Waals surface area contributed by atoms with Crippen LogP contribution in [0.15, 0.2) is 41.3 Å². The van der Waals surface area contributed by atoms with Crippen LogP contribution in [-0.4, -0.2) is 21.4 Å². The third-order valence-electron chi connectivity index (χ3n) is 2.96. The Kier molecular flexibility index (Phi) is 5.58. The molecule has 0 fully saturated rings. The maximum Gasteiger partial charge on any atom is 0.261 e. The van der Waals surface area contributed by atoms with E-state index >= 15 is 0 Å². The largest absolute Gasteiger partial charge is 0.495 e. The summed E-state index contributed by atoms with van der Waals surface area (Å²) in [4.78, 5) is 11.2. The van der Waals surface area contributed by atoms with Gasteiger partial charge in [0.15, 0.2) is 0 Å². The Balaban J connectivity index is 2.37. The summed E-state index contributed by atoms with van der Waals surface area (Å²) >= 11 is 11.7. The van der Waals surface area contributed by atoms with Gasteiger partial charge in [-0.1, -0.05) is 23.2 Å². The van der Waals surface area contributed by atoms with Gasteiger partial charge in [-0.2, -0.15) is 0 Å². The number of hydrogen-bond acceptors (Lipinski definition) is 4. The number of carbonyl (C=O) groups is 1. The van der Waals surface area contributed by atoms with Crippen molar-refractivity contribution in [3.63, 3.8) is 0 Å². The molecular formula is C15H14Cl2N2O4S. The molecule has 0 saturated carbocycles. The van der Waals surface area contributed by atoms with Crippen LogP contribution in [0, 0.1) is 0 Å². The van der Waals surface area contributed by atoms with Gasteiger partial charge in [-0.25, -0.2) is 8.42 Å². The van der Waals surface area contributed by atoms with Gasteiger partial charge in [0.25, 0.3) is 10.0 Å². The van der Waals surface area contributed by atoms with E-state index in [4.69, 9.17) is 27.9 Å². The number of sulfonamides is 1. The first kappa shape index (κ1) is 18.4. The molecule has 2 aromatic carbocycles. The van der Waals surface area contributed by atoms with Gasteiger partial charge >= 0.3 is 0 Å². The quantitative estimate of drug-likeness (QED) is 0.816. The van der Waals surface area contributed by atoms with E-state index in [9.17, 15) is 13.2 Å². The van der Waals surface area contributed by atoms with E-state index in [0.29, 0.717) is 10.8 Å². The molecule has 0 aliphatic carbocycles. The van der Waals surface area contributed by atoms with Gasteiger partial charge in [0.05, 0.1) is 33.4 Å². The molecule has 2 aromatic rings. The number of carbonyl (C=O) groups excluding carboxylic acids is 1. The van der Waals surface area contributed by atoms with Gasteiger partial charge in [0.2, 0.25) is 5.91 Å². The van der Waals surface area contributed by atoms with Gasteiger partial charge in [0.1, 0.15) is 5.75 Å². The highest BCUT2D eigenvalue weighted by atomic mass is 35.5. The van der Waals surface area contributed by atoms with Crippen LogP contribution in [0.3, 0.4) is 0 Å². The zero-order chi connectivity index (χ0) is 17.9. The fraction of sp³-hybridized carbons (Fsp3) is 0.133. The number of nitrogens with one attached hydrogen (secondary N) is 2. The first-order valence-corrected chi connectivity index (χ1v) is 8.90. The Morgan fingerprint density at radius 3 is 2.38 bits per heavy atom. The highest BCUT2D eigenvalue weighted by molar-refractivity contribution is 7.92. The summed E-state index contributed by atoms with van der Waals surface area (Å²) < 4.78 is 32.5. The lowest BCUT2D eigenvalue weighted by atomic mass is 10.3. The van der Waals surface area contributed by atoms with Crippen LogP contribution in [0.5, 0.6) is 5.75 Å². The molecule has 0 saturated heterocycles. The molecule has 0 bridgehead atoms. The van der Waals surface area contributed by atoms with E-state index in [-0.39, 0.29) is 27.2 Å². The third kappa shape index (κ3) is 4.31. The van der Waals surface area contributed by atoms with Crippen molar-refractivity contribution in [1.82, 2.24) is 0 Å². The second-order valence-corrected chi connectivity index (χ2v) is 7.27. The van der Waals surface area contributed by atoms with Gasteiger partial charge in [0, 0.05) is 6.92 Å². The third-order valence-corrected chi connectivity index (χ3v) is 5.08. The minimum absolute atomic E-state index is 0.0434. The zero-order valence-corrected chi connectivity index (χ0v) is 15.1. The predicted octanol–water partition coefficient (Wildman–Crippen LogP) is 3.76. The first-order chi connectivity index (χ1) is 11.2. The molecule has 24 heavy (non-hydrogen) atoms. The van der Waals surface area contributed by atoms with Crippen LogP contribution >= 0.6 is 23.2 Å². The average molecular weight is 389 g/mol. The molecule has 2 N–H and O–H groups in total. The number of ether oxygens (including phenoxy) is 1. The summed E-state index contributed by atoms with van der Waals surface area (Å²) in [5.41, 5.74) is 0.517. The molecule has 1 amide bonds. The van der Waals surface area contributed by atoms with E-state index in [2.05, 4.69) is 10.0 Å².